The summed E-state index contributed by atoms with van der Waals surface area (Å²) >= 11 is 6.01. The van der Waals surface area contributed by atoms with Crippen LogP contribution in [0, 0.1) is 5.41 Å². The van der Waals surface area contributed by atoms with E-state index in [0.29, 0.717) is 16.5 Å². The summed E-state index contributed by atoms with van der Waals surface area (Å²) in [4.78, 5) is 11.9. The molecule has 0 bridgehead atoms. The molecule has 1 atom stereocenters. The first-order valence-electron chi connectivity index (χ1n) is 6.30. The van der Waals surface area contributed by atoms with E-state index in [0.717, 1.165) is 0 Å². The number of rotatable bonds is 4. The quantitative estimate of drug-likeness (QED) is 0.801. The summed E-state index contributed by atoms with van der Waals surface area (Å²) in [6.45, 7) is 5.68. The fourth-order valence-electron chi connectivity index (χ4n) is 1.58. The summed E-state index contributed by atoms with van der Waals surface area (Å²) in [6, 6.07) is 4.20. The third kappa shape index (κ3) is 4.58. The lowest BCUT2D eigenvalue weighted by atomic mass is 9.87. The number of halogens is 1. The van der Waals surface area contributed by atoms with Crippen LogP contribution < -0.4 is 15.4 Å². The highest BCUT2D eigenvalue weighted by atomic mass is 35.5. The van der Waals surface area contributed by atoms with Crippen LogP contribution in [-0.2, 0) is 0 Å². The zero-order valence-corrected chi connectivity index (χ0v) is 12.9. The molecule has 0 spiro atoms. The molecule has 0 radical (unpaired) electrons. The summed E-state index contributed by atoms with van der Waals surface area (Å²) in [7, 11) is 1.54. The number of benzene rings is 1. The molecule has 0 aliphatic heterocycles. The first-order chi connectivity index (χ1) is 9.27. The molecule has 112 valence electrons. The van der Waals surface area contributed by atoms with E-state index in [1.165, 1.54) is 7.11 Å². The molecular formula is C14H21ClN2O3. The van der Waals surface area contributed by atoms with E-state index in [2.05, 4.69) is 10.6 Å². The third-order valence-electron chi connectivity index (χ3n) is 2.96. The molecule has 20 heavy (non-hydrogen) atoms. The largest absolute Gasteiger partial charge is 0.497 e. The molecule has 1 aromatic rings. The topological polar surface area (TPSA) is 70.6 Å². The maximum Gasteiger partial charge on any atom is 0.319 e. The lowest BCUT2D eigenvalue weighted by Crippen LogP contribution is -2.47. The van der Waals surface area contributed by atoms with Crippen molar-refractivity contribution in [1.29, 1.82) is 0 Å². The molecule has 0 heterocycles. The summed E-state index contributed by atoms with van der Waals surface area (Å²) < 4.78 is 5.08. The third-order valence-corrected chi connectivity index (χ3v) is 3.28. The van der Waals surface area contributed by atoms with Crippen LogP contribution >= 0.6 is 11.6 Å². The van der Waals surface area contributed by atoms with Crippen LogP contribution in [0.4, 0.5) is 10.5 Å². The maximum atomic E-state index is 11.9. The van der Waals surface area contributed by atoms with Gasteiger partial charge in [-0.25, -0.2) is 4.79 Å². The number of methoxy groups -OCH3 is 1. The fraction of sp³-hybridized carbons (Fsp3) is 0.500. The lowest BCUT2D eigenvalue weighted by Gasteiger charge is -2.29. The smallest absolute Gasteiger partial charge is 0.319 e. The number of ether oxygens (including phenoxy) is 1. The Morgan fingerprint density at radius 1 is 1.45 bits per heavy atom. The minimum atomic E-state index is -0.422. The molecule has 0 saturated carbocycles. The van der Waals surface area contributed by atoms with Crippen molar-refractivity contribution >= 4 is 23.3 Å². The second-order valence-electron chi connectivity index (χ2n) is 5.55. The van der Waals surface area contributed by atoms with Gasteiger partial charge in [-0.3, -0.25) is 0 Å². The van der Waals surface area contributed by atoms with Crippen molar-refractivity contribution in [2.75, 3.05) is 19.0 Å². The second kappa shape index (κ2) is 6.81. The summed E-state index contributed by atoms with van der Waals surface area (Å²) in [5.74, 6) is 0.597. The normalized spacial score (nSPS) is 12.7. The van der Waals surface area contributed by atoms with Crippen molar-refractivity contribution in [3.05, 3.63) is 23.2 Å². The standard InChI is InChI=1S/C14H21ClN2O3/c1-14(2,3)12(8-18)17-13(19)16-11-7-9(20-4)5-6-10(11)15/h5-7,12,18H,8H2,1-4H3,(H2,16,17,19)/t12-/m1/s1. The molecule has 3 N–H and O–H groups in total. The molecule has 5 nitrogen and oxygen atoms in total. The number of hydrogen-bond donors (Lipinski definition) is 3. The van der Waals surface area contributed by atoms with Crippen LogP contribution in [0.5, 0.6) is 5.75 Å². The van der Waals surface area contributed by atoms with Crippen molar-refractivity contribution < 1.29 is 14.6 Å². The van der Waals surface area contributed by atoms with E-state index in [9.17, 15) is 9.90 Å². The zero-order valence-electron chi connectivity index (χ0n) is 12.2. The molecule has 0 unspecified atom stereocenters. The predicted molar refractivity (Wildman–Crippen MR) is 80.5 cm³/mol. The summed E-state index contributed by atoms with van der Waals surface area (Å²) in [5.41, 5.74) is 0.207. The molecule has 2 amide bonds. The Morgan fingerprint density at radius 2 is 2.10 bits per heavy atom. The van der Waals surface area contributed by atoms with Gasteiger partial charge in [-0.2, -0.15) is 0 Å². The Balaban J connectivity index is 2.76. The van der Waals surface area contributed by atoms with Gasteiger partial charge in [0.15, 0.2) is 0 Å². The van der Waals surface area contributed by atoms with Gasteiger partial charge >= 0.3 is 6.03 Å². The van der Waals surface area contributed by atoms with Crippen molar-refractivity contribution in [3.63, 3.8) is 0 Å². The summed E-state index contributed by atoms with van der Waals surface area (Å²) in [6.07, 6.45) is 0. The van der Waals surface area contributed by atoms with E-state index in [1.807, 2.05) is 20.8 Å². The van der Waals surface area contributed by atoms with E-state index in [1.54, 1.807) is 18.2 Å². The average molecular weight is 301 g/mol. The van der Waals surface area contributed by atoms with Crippen LogP contribution in [0.25, 0.3) is 0 Å². The Kier molecular flexibility index (Phi) is 5.65. The van der Waals surface area contributed by atoms with Gasteiger partial charge in [0.25, 0.3) is 0 Å². The Hall–Kier alpha value is -1.46. The molecule has 0 fully saturated rings. The van der Waals surface area contributed by atoms with E-state index < -0.39 is 6.03 Å². The molecule has 1 rings (SSSR count). The van der Waals surface area contributed by atoms with Gasteiger partial charge < -0.3 is 20.5 Å². The highest BCUT2D eigenvalue weighted by Gasteiger charge is 2.25. The number of carbonyl (C=O) groups excluding carboxylic acids is 1. The number of carbonyl (C=O) groups is 1. The first-order valence-corrected chi connectivity index (χ1v) is 6.67. The second-order valence-corrected chi connectivity index (χ2v) is 5.95. The zero-order chi connectivity index (χ0) is 15.3. The Bertz CT molecular complexity index is 472. The van der Waals surface area contributed by atoms with Gasteiger partial charge in [-0.05, 0) is 17.5 Å². The lowest BCUT2D eigenvalue weighted by molar-refractivity contribution is 0.162. The molecule has 0 aliphatic rings. The van der Waals surface area contributed by atoms with Crippen molar-refractivity contribution in [3.8, 4) is 5.75 Å². The monoisotopic (exact) mass is 300 g/mol. The van der Waals surface area contributed by atoms with Gasteiger partial charge in [0.05, 0.1) is 30.5 Å². The van der Waals surface area contributed by atoms with Gasteiger partial charge in [0.1, 0.15) is 5.75 Å². The first kappa shape index (κ1) is 16.6. The molecule has 0 aromatic heterocycles. The van der Waals surface area contributed by atoms with Crippen molar-refractivity contribution in [1.82, 2.24) is 5.32 Å². The molecule has 6 heteroatoms. The van der Waals surface area contributed by atoms with E-state index in [4.69, 9.17) is 16.3 Å². The number of amides is 2. The van der Waals surface area contributed by atoms with Gasteiger partial charge in [0, 0.05) is 6.07 Å². The highest BCUT2D eigenvalue weighted by Crippen LogP contribution is 2.26. The maximum absolute atomic E-state index is 11.9. The Labute approximate surface area is 124 Å². The van der Waals surface area contributed by atoms with Crippen molar-refractivity contribution in [2.24, 2.45) is 5.41 Å². The molecular weight excluding hydrogens is 280 g/mol. The number of nitrogens with one attached hydrogen (secondary N) is 2. The predicted octanol–water partition coefficient (Wildman–Crippen LogP) is 2.88. The molecule has 0 aliphatic carbocycles. The highest BCUT2D eigenvalue weighted by molar-refractivity contribution is 6.33. The number of aliphatic hydroxyl groups is 1. The van der Waals surface area contributed by atoms with E-state index >= 15 is 0 Å². The SMILES string of the molecule is COc1ccc(Cl)c(NC(=O)N[C@H](CO)C(C)(C)C)c1. The Morgan fingerprint density at radius 3 is 2.60 bits per heavy atom. The van der Waals surface area contributed by atoms with Crippen LogP contribution in [0.2, 0.25) is 5.02 Å². The van der Waals surface area contributed by atoms with Crippen LogP contribution in [0.15, 0.2) is 18.2 Å². The van der Waals surface area contributed by atoms with Gasteiger partial charge in [-0.15, -0.1) is 0 Å². The minimum absolute atomic E-state index is 0.136. The summed E-state index contributed by atoms with van der Waals surface area (Å²) in [5, 5.41) is 15.1. The number of hydrogen-bond acceptors (Lipinski definition) is 3. The van der Waals surface area contributed by atoms with Gasteiger partial charge in [-0.1, -0.05) is 32.4 Å². The fourth-order valence-corrected chi connectivity index (χ4v) is 1.74. The molecule has 0 saturated heterocycles. The van der Waals surface area contributed by atoms with Gasteiger partial charge in [0.2, 0.25) is 0 Å². The van der Waals surface area contributed by atoms with E-state index in [-0.39, 0.29) is 18.1 Å². The number of anilines is 1. The molecule has 1 aromatic carbocycles. The average Bonchev–Trinajstić information content (AvgIpc) is 2.37. The number of urea groups is 1. The minimum Gasteiger partial charge on any atom is -0.497 e. The van der Waals surface area contributed by atoms with Crippen LogP contribution in [0.3, 0.4) is 0 Å². The van der Waals surface area contributed by atoms with Crippen LogP contribution in [-0.4, -0.2) is 30.9 Å². The number of aliphatic hydroxyl groups excluding tert-OH is 1. The van der Waals surface area contributed by atoms with Crippen LogP contribution in [0.1, 0.15) is 20.8 Å². The van der Waals surface area contributed by atoms with Crippen molar-refractivity contribution in [2.45, 2.75) is 26.8 Å².